The Labute approximate surface area is 256 Å². The van der Waals surface area contributed by atoms with Gasteiger partial charge in [-0.2, -0.15) is 13.1 Å². The van der Waals surface area contributed by atoms with Crippen molar-refractivity contribution in [3.63, 3.8) is 0 Å². The molecule has 2 aliphatic rings. The minimum Gasteiger partial charge on any atom is -0.497 e. The first-order valence-corrected chi connectivity index (χ1v) is 15.6. The molecule has 2 amide bonds. The lowest BCUT2D eigenvalue weighted by Crippen LogP contribution is -2.48. The molecule has 1 unspecified atom stereocenters. The van der Waals surface area contributed by atoms with Crippen LogP contribution in [0.2, 0.25) is 0 Å². The fraction of sp³-hybridized carbons (Fsp3) is 0.345. The van der Waals surface area contributed by atoms with Crippen molar-refractivity contribution in [3.8, 4) is 11.5 Å². The van der Waals surface area contributed by atoms with Crippen LogP contribution in [0.4, 0.5) is 29.2 Å². The molecule has 5 rings (SSSR count). The van der Waals surface area contributed by atoms with Crippen LogP contribution in [0.25, 0.3) is 0 Å². The molecular formula is C29H29F4N5O6S. The Morgan fingerprint density at radius 1 is 0.978 bits per heavy atom. The number of hydrogen-bond donors (Lipinski definition) is 1. The van der Waals surface area contributed by atoms with Gasteiger partial charge in [-0.25, -0.2) is 22.2 Å². The van der Waals surface area contributed by atoms with E-state index in [4.69, 9.17) is 4.74 Å². The first-order chi connectivity index (χ1) is 21.3. The van der Waals surface area contributed by atoms with E-state index in [2.05, 4.69) is 15.0 Å². The van der Waals surface area contributed by atoms with Crippen LogP contribution in [0.1, 0.15) is 21.8 Å². The lowest BCUT2D eigenvalue weighted by molar-refractivity contribution is -0.118. The third kappa shape index (κ3) is 6.96. The summed E-state index contributed by atoms with van der Waals surface area (Å²) in [6.07, 6.45) is 1.14. The molecule has 240 valence electrons. The molecule has 3 heterocycles. The zero-order valence-electron chi connectivity index (χ0n) is 24.1. The molecule has 2 atom stereocenters. The molecule has 0 bridgehead atoms. The molecule has 11 nitrogen and oxygen atoms in total. The molecule has 0 spiro atoms. The molecule has 45 heavy (non-hydrogen) atoms. The Morgan fingerprint density at radius 3 is 2.18 bits per heavy atom. The summed E-state index contributed by atoms with van der Waals surface area (Å²) in [7, 11) is -2.11. The number of alkyl halides is 2. The summed E-state index contributed by atoms with van der Waals surface area (Å²) in [5.74, 6) is -4.28. The third-order valence-corrected chi connectivity index (χ3v) is 8.93. The number of pyridine rings is 1. The normalized spacial score (nSPS) is 19.2. The Hall–Kier alpha value is -4.44. The number of nitrogens with zero attached hydrogens (tertiary/aromatic N) is 4. The number of carbonyl (C=O) groups excluding carboxylic acids is 2. The molecule has 2 saturated heterocycles. The summed E-state index contributed by atoms with van der Waals surface area (Å²) in [5.41, 5.74) is -0.448. The van der Waals surface area contributed by atoms with E-state index in [0.29, 0.717) is 18.9 Å². The fourth-order valence-electron chi connectivity index (χ4n) is 5.39. The molecule has 0 aliphatic carbocycles. The van der Waals surface area contributed by atoms with Gasteiger partial charge in [0.25, 0.3) is 11.8 Å². The van der Waals surface area contributed by atoms with E-state index in [1.165, 1.54) is 34.5 Å². The second kappa shape index (κ2) is 12.9. The van der Waals surface area contributed by atoms with Gasteiger partial charge in [0.2, 0.25) is 10.0 Å². The average molecular weight is 652 g/mol. The number of aromatic nitrogens is 1. The Morgan fingerprint density at radius 2 is 1.60 bits per heavy atom. The maximum atomic E-state index is 15.3. The summed E-state index contributed by atoms with van der Waals surface area (Å²) in [6.45, 7) is -2.12. The Balaban J connectivity index is 1.44. The van der Waals surface area contributed by atoms with Gasteiger partial charge in [-0.05, 0) is 36.4 Å². The van der Waals surface area contributed by atoms with E-state index in [1.807, 2.05) is 4.90 Å². The highest BCUT2D eigenvalue weighted by Gasteiger charge is 2.45. The van der Waals surface area contributed by atoms with Gasteiger partial charge in [-0.3, -0.25) is 14.5 Å². The number of nitrogens with one attached hydrogen (secondary N) is 1. The number of sulfonamides is 1. The Bertz CT molecular complexity index is 1660. The largest absolute Gasteiger partial charge is 0.497 e. The van der Waals surface area contributed by atoms with Crippen LogP contribution >= 0.6 is 0 Å². The van der Waals surface area contributed by atoms with Crippen LogP contribution in [0.3, 0.4) is 0 Å². The monoisotopic (exact) mass is 651 g/mol. The van der Waals surface area contributed by atoms with Crippen LogP contribution in [-0.2, 0) is 14.8 Å². The number of carbonyl (C=O) groups is 2. The summed E-state index contributed by atoms with van der Waals surface area (Å²) in [6, 6.07) is 10.1. The van der Waals surface area contributed by atoms with Crippen molar-refractivity contribution in [1.29, 1.82) is 0 Å². The molecular weight excluding hydrogens is 622 g/mol. The van der Waals surface area contributed by atoms with Gasteiger partial charge >= 0.3 is 6.61 Å². The van der Waals surface area contributed by atoms with Gasteiger partial charge in [0, 0.05) is 61.9 Å². The zero-order valence-corrected chi connectivity index (χ0v) is 24.9. The molecule has 0 radical (unpaired) electrons. The van der Waals surface area contributed by atoms with Crippen LogP contribution in [0.5, 0.6) is 11.5 Å². The predicted octanol–water partition coefficient (Wildman–Crippen LogP) is 2.98. The van der Waals surface area contributed by atoms with Gasteiger partial charge in [-0.15, -0.1) is 0 Å². The second-order valence-electron chi connectivity index (χ2n) is 10.4. The minimum absolute atomic E-state index is 0.00866. The standard InChI is InChI=1S/C29H29F4N5O6S/c1-43-19-14-21(30)25(22(31)15-19)20-16-38(24-5-3-4-23(34-24)36-10-12-37(13-11-36)45(2,41)42)28(40)26(20)35-27(39)17-6-8-18(9-7-17)44-29(32)33/h3-9,14-15,20,26,29H,10-13,16H2,1-2H3,(H,35,39)/t20-,26?/m0/s1. The number of halogens is 4. The molecule has 2 aromatic carbocycles. The van der Waals surface area contributed by atoms with Crippen molar-refractivity contribution < 1.29 is 45.0 Å². The average Bonchev–Trinajstić information content (AvgIpc) is 3.31. The molecule has 2 aliphatic heterocycles. The van der Waals surface area contributed by atoms with Crippen LogP contribution < -0.4 is 24.6 Å². The summed E-state index contributed by atoms with van der Waals surface area (Å²) < 4.78 is 90.1. The maximum absolute atomic E-state index is 15.3. The highest BCUT2D eigenvalue weighted by molar-refractivity contribution is 7.88. The van der Waals surface area contributed by atoms with E-state index in [9.17, 15) is 26.8 Å². The van der Waals surface area contributed by atoms with Gasteiger partial charge < -0.3 is 19.7 Å². The van der Waals surface area contributed by atoms with Crippen LogP contribution in [-0.4, -0.2) is 88.3 Å². The molecule has 3 aromatic rings. The number of hydrogen-bond acceptors (Lipinski definition) is 8. The number of benzene rings is 2. The van der Waals surface area contributed by atoms with Crippen molar-refractivity contribution in [2.24, 2.45) is 0 Å². The van der Waals surface area contributed by atoms with Crippen LogP contribution in [0, 0.1) is 11.6 Å². The Kier molecular flexibility index (Phi) is 9.16. The van der Waals surface area contributed by atoms with E-state index < -0.39 is 57.6 Å². The summed E-state index contributed by atoms with van der Waals surface area (Å²) in [4.78, 5) is 34.7. The molecule has 16 heteroatoms. The van der Waals surface area contributed by atoms with Crippen molar-refractivity contribution in [2.45, 2.75) is 18.6 Å². The minimum atomic E-state index is -3.35. The zero-order chi connectivity index (χ0) is 32.5. The lowest BCUT2D eigenvalue weighted by atomic mass is 9.92. The van der Waals surface area contributed by atoms with Gasteiger partial charge in [-0.1, -0.05) is 6.07 Å². The van der Waals surface area contributed by atoms with Gasteiger partial charge in [0.15, 0.2) is 0 Å². The number of rotatable bonds is 9. The molecule has 1 aromatic heterocycles. The smallest absolute Gasteiger partial charge is 0.387 e. The topological polar surface area (TPSA) is 121 Å². The number of anilines is 2. The number of methoxy groups -OCH3 is 1. The van der Waals surface area contributed by atoms with Crippen molar-refractivity contribution in [1.82, 2.24) is 14.6 Å². The highest BCUT2D eigenvalue weighted by atomic mass is 32.2. The second-order valence-corrected chi connectivity index (χ2v) is 12.4. The fourth-order valence-corrected chi connectivity index (χ4v) is 6.22. The van der Waals surface area contributed by atoms with Gasteiger partial charge in [0.05, 0.1) is 13.4 Å². The van der Waals surface area contributed by atoms with E-state index in [-0.39, 0.29) is 42.5 Å². The van der Waals surface area contributed by atoms with Crippen molar-refractivity contribution in [3.05, 3.63) is 77.4 Å². The third-order valence-electron chi connectivity index (χ3n) is 7.63. The molecule has 1 N–H and O–H groups in total. The highest BCUT2D eigenvalue weighted by Crippen LogP contribution is 2.36. The van der Waals surface area contributed by atoms with E-state index >= 15 is 8.78 Å². The molecule has 2 fully saturated rings. The summed E-state index contributed by atoms with van der Waals surface area (Å²) in [5, 5.41) is 2.55. The van der Waals surface area contributed by atoms with Gasteiger partial charge in [0.1, 0.15) is 40.8 Å². The lowest BCUT2D eigenvalue weighted by Gasteiger charge is -2.34. The SMILES string of the molecule is COc1cc(F)c([C@@H]2CN(c3cccc(N4CCN(S(C)(=O)=O)CC4)n3)C(=O)C2NC(=O)c2ccc(OC(F)F)cc2)c(F)c1. The first-order valence-electron chi connectivity index (χ1n) is 13.7. The summed E-state index contributed by atoms with van der Waals surface area (Å²) >= 11 is 0. The van der Waals surface area contributed by atoms with Crippen molar-refractivity contribution in [2.75, 3.05) is 55.9 Å². The molecule has 0 saturated carbocycles. The van der Waals surface area contributed by atoms with E-state index in [1.54, 1.807) is 12.1 Å². The van der Waals surface area contributed by atoms with Crippen LogP contribution in [0.15, 0.2) is 54.6 Å². The number of amides is 2. The maximum Gasteiger partial charge on any atom is 0.387 e. The van der Waals surface area contributed by atoms with E-state index in [0.717, 1.165) is 30.5 Å². The number of piperazine rings is 1. The first kappa shape index (κ1) is 32.0. The number of ether oxygens (including phenoxy) is 2. The quantitative estimate of drug-likeness (QED) is 0.351. The predicted molar refractivity (Wildman–Crippen MR) is 155 cm³/mol. The van der Waals surface area contributed by atoms with Crippen molar-refractivity contribution >= 4 is 33.5 Å².